The summed E-state index contributed by atoms with van der Waals surface area (Å²) >= 11 is 1.14. The Hall–Kier alpha value is -3.11. The van der Waals surface area contributed by atoms with E-state index in [-0.39, 0.29) is 22.1 Å². The number of aryl methyl sites for hydroxylation is 2. The summed E-state index contributed by atoms with van der Waals surface area (Å²) in [5.74, 6) is 0.374. The van der Waals surface area contributed by atoms with Crippen molar-refractivity contribution in [1.29, 1.82) is 0 Å². The van der Waals surface area contributed by atoms with E-state index in [2.05, 4.69) is 10.0 Å². The number of hydrogen-bond acceptors (Lipinski definition) is 6. The monoisotopic (exact) mass is 475 g/mol. The van der Waals surface area contributed by atoms with Crippen LogP contribution in [-0.4, -0.2) is 26.0 Å². The van der Waals surface area contributed by atoms with Gasteiger partial charge >= 0.3 is 4.87 Å². The number of benzene rings is 2. The molecule has 0 radical (unpaired) electrons. The van der Waals surface area contributed by atoms with Gasteiger partial charge < -0.3 is 14.6 Å². The van der Waals surface area contributed by atoms with Crippen LogP contribution in [0, 0.1) is 13.8 Å². The maximum Gasteiger partial charge on any atom is 0.307 e. The van der Waals surface area contributed by atoms with Crippen molar-refractivity contribution in [2.75, 3.05) is 17.1 Å². The summed E-state index contributed by atoms with van der Waals surface area (Å²) in [6, 6.07) is 11.1. The Balaban J connectivity index is 1.66. The first-order chi connectivity index (χ1) is 15.2. The number of rotatable bonds is 9. The fourth-order valence-corrected chi connectivity index (χ4v) is 4.91. The minimum atomic E-state index is -3.84. The van der Waals surface area contributed by atoms with E-state index in [1.807, 2.05) is 6.92 Å². The van der Waals surface area contributed by atoms with Crippen molar-refractivity contribution in [3.8, 4) is 5.75 Å². The second-order valence-electron chi connectivity index (χ2n) is 7.26. The zero-order chi connectivity index (χ0) is 23.3. The number of thiazole rings is 1. The summed E-state index contributed by atoms with van der Waals surface area (Å²) in [6.07, 6.45) is 0.710. The van der Waals surface area contributed by atoms with Crippen molar-refractivity contribution >= 4 is 38.6 Å². The molecule has 8 nitrogen and oxygen atoms in total. The molecule has 0 bridgehead atoms. The summed E-state index contributed by atoms with van der Waals surface area (Å²) in [5.41, 5.74) is 2.44. The number of methoxy groups -OCH3 is 1. The van der Waals surface area contributed by atoms with E-state index >= 15 is 0 Å². The van der Waals surface area contributed by atoms with E-state index in [9.17, 15) is 18.0 Å². The van der Waals surface area contributed by atoms with Crippen molar-refractivity contribution in [2.24, 2.45) is 0 Å². The lowest BCUT2D eigenvalue weighted by Gasteiger charge is -2.13. The lowest BCUT2D eigenvalue weighted by atomic mass is 10.2. The molecule has 0 aliphatic heterocycles. The third-order valence-electron chi connectivity index (χ3n) is 4.90. The number of carbonyl (C=O) groups excluding carboxylic acids is 1. The van der Waals surface area contributed by atoms with Gasteiger partial charge in [-0.25, -0.2) is 8.42 Å². The molecule has 3 aromatic rings. The van der Waals surface area contributed by atoms with Crippen LogP contribution in [0.15, 0.2) is 57.5 Å². The Bertz CT molecular complexity index is 1260. The van der Waals surface area contributed by atoms with E-state index in [1.165, 1.54) is 19.2 Å². The van der Waals surface area contributed by atoms with E-state index in [4.69, 9.17) is 4.74 Å². The van der Waals surface area contributed by atoms with E-state index in [1.54, 1.807) is 47.2 Å². The minimum Gasteiger partial charge on any atom is -0.497 e. The molecule has 0 saturated heterocycles. The highest BCUT2D eigenvalue weighted by molar-refractivity contribution is 7.92. The first-order valence-electron chi connectivity index (χ1n) is 9.92. The van der Waals surface area contributed by atoms with E-state index in [0.29, 0.717) is 30.1 Å². The molecule has 170 valence electrons. The molecule has 1 aromatic heterocycles. The molecule has 0 aliphatic carbocycles. The van der Waals surface area contributed by atoms with E-state index in [0.717, 1.165) is 22.6 Å². The number of ether oxygens (including phenoxy) is 1. The zero-order valence-electron chi connectivity index (χ0n) is 18.0. The highest BCUT2D eigenvalue weighted by atomic mass is 32.2. The molecule has 0 fully saturated rings. The quantitative estimate of drug-likeness (QED) is 0.490. The van der Waals surface area contributed by atoms with Crippen molar-refractivity contribution in [1.82, 2.24) is 4.57 Å². The number of aromatic nitrogens is 1. The second kappa shape index (κ2) is 10.0. The molecule has 0 spiro atoms. The van der Waals surface area contributed by atoms with Crippen LogP contribution in [-0.2, 0) is 21.4 Å². The number of amides is 1. The van der Waals surface area contributed by atoms with Crippen LogP contribution >= 0.6 is 11.3 Å². The summed E-state index contributed by atoms with van der Waals surface area (Å²) in [6.45, 7) is 4.10. The molecule has 1 heterocycles. The van der Waals surface area contributed by atoms with Gasteiger partial charge in [0.15, 0.2) is 0 Å². The standard InChI is InChI=1S/C22H25N3O5S2/c1-15-6-11-19(32(28,29)24-17-7-9-18(30-3)10-8-17)13-20(15)23-21(26)5-4-12-25-16(2)14-31-22(25)27/h6-11,13-14,24H,4-5,12H2,1-3H3,(H,23,26). The first kappa shape index (κ1) is 23.6. The number of sulfonamides is 1. The number of nitrogens with zero attached hydrogens (tertiary/aromatic N) is 1. The Labute approximate surface area is 190 Å². The molecule has 0 atom stereocenters. The fourth-order valence-electron chi connectivity index (χ4n) is 3.06. The highest BCUT2D eigenvalue weighted by Crippen LogP contribution is 2.24. The van der Waals surface area contributed by atoms with Gasteiger partial charge in [-0.2, -0.15) is 0 Å². The van der Waals surface area contributed by atoms with Crippen molar-refractivity contribution < 1.29 is 17.9 Å². The third kappa shape index (κ3) is 5.77. The molecular weight excluding hydrogens is 450 g/mol. The topological polar surface area (TPSA) is 106 Å². The zero-order valence-corrected chi connectivity index (χ0v) is 19.7. The van der Waals surface area contributed by atoms with Crippen LogP contribution in [0.3, 0.4) is 0 Å². The summed E-state index contributed by atoms with van der Waals surface area (Å²) in [4.78, 5) is 24.2. The number of nitrogens with one attached hydrogen (secondary N) is 2. The fraction of sp³-hybridized carbons (Fsp3) is 0.273. The molecule has 3 rings (SSSR count). The molecule has 10 heteroatoms. The summed E-state index contributed by atoms with van der Waals surface area (Å²) in [7, 11) is -2.31. The van der Waals surface area contributed by atoms with Crippen LogP contribution in [0.4, 0.5) is 11.4 Å². The Kier molecular flexibility index (Phi) is 7.37. The van der Waals surface area contributed by atoms with Crippen LogP contribution in [0.1, 0.15) is 24.1 Å². The van der Waals surface area contributed by atoms with Gasteiger partial charge in [0.1, 0.15) is 5.75 Å². The predicted molar refractivity (Wildman–Crippen MR) is 126 cm³/mol. The molecule has 1 amide bonds. The predicted octanol–water partition coefficient (Wildman–Crippen LogP) is 3.75. The van der Waals surface area contributed by atoms with Gasteiger partial charge in [0, 0.05) is 35.4 Å². The Morgan fingerprint density at radius 3 is 2.47 bits per heavy atom. The summed E-state index contributed by atoms with van der Waals surface area (Å²) < 4.78 is 34.8. The number of carbonyl (C=O) groups is 1. The molecule has 0 saturated carbocycles. The lowest BCUT2D eigenvalue weighted by molar-refractivity contribution is -0.116. The van der Waals surface area contributed by atoms with Gasteiger partial charge in [-0.3, -0.25) is 14.3 Å². The highest BCUT2D eigenvalue weighted by Gasteiger charge is 2.17. The maximum absolute atomic E-state index is 12.8. The van der Waals surface area contributed by atoms with E-state index < -0.39 is 10.0 Å². The van der Waals surface area contributed by atoms with Crippen molar-refractivity contribution in [3.63, 3.8) is 0 Å². The SMILES string of the molecule is COc1ccc(NS(=O)(=O)c2ccc(C)c(NC(=O)CCCn3c(C)csc3=O)c2)cc1. The van der Waals surface area contributed by atoms with Gasteiger partial charge in [-0.05, 0) is 62.2 Å². The van der Waals surface area contributed by atoms with Crippen LogP contribution in [0.5, 0.6) is 5.75 Å². The summed E-state index contributed by atoms with van der Waals surface area (Å²) in [5, 5.41) is 4.57. The average molecular weight is 476 g/mol. The first-order valence-corrected chi connectivity index (χ1v) is 12.3. The van der Waals surface area contributed by atoms with Gasteiger partial charge in [0.25, 0.3) is 10.0 Å². The lowest BCUT2D eigenvalue weighted by Crippen LogP contribution is -2.18. The largest absolute Gasteiger partial charge is 0.497 e. The minimum absolute atomic E-state index is 0.0367. The van der Waals surface area contributed by atoms with Crippen LogP contribution in [0.2, 0.25) is 0 Å². The Morgan fingerprint density at radius 1 is 1.12 bits per heavy atom. The number of anilines is 2. The Morgan fingerprint density at radius 2 is 1.84 bits per heavy atom. The van der Waals surface area contributed by atoms with Crippen LogP contribution in [0.25, 0.3) is 0 Å². The van der Waals surface area contributed by atoms with Crippen LogP contribution < -0.4 is 19.6 Å². The van der Waals surface area contributed by atoms with Gasteiger partial charge in [0.05, 0.1) is 12.0 Å². The van der Waals surface area contributed by atoms with Crippen molar-refractivity contribution in [3.05, 3.63) is 68.8 Å². The number of hydrogen-bond donors (Lipinski definition) is 2. The maximum atomic E-state index is 12.8. The molecule has 2 N–H and O–H groups in total. The smallest absolute Gasteiger partial charge is 0.307 e. The molecule has 0 unspecified atom stereocenters. The molecule has 0 aliphatic rings. The van der Waals surface area contributed by atoms with Gasteiger partial charge in [-0.15, -0.1) is 0 Å². The second-order valence-corrected chi connectivity index (χ2v) is 9.76. The molecule has 2 aromatic carbocycles. The van der Waals surface area contributed by atoms with Crippen molar-refractivity contribution in [2.45, 2.75) is 38.1 Å². The third-order valence-corrected chi connectivity index (χ3v) is 7.16. The normalized spacial score (nSPS) is 11.2. The average Bonchev–Trinajstić information content (AvgIpc) is 3.07. The molecular formula is C22H25N3O5S2. The van der Waals surface area contributed by atoms with Gasteiger partial charge in [-0.1, -0.05) is 17.4 Å². The molecule has 32 heavy (non-hydrogen) atoms. The van der Waals surface area contributed by atoms with Gasteiger partial charge in [0.2, 0.25) is 5.91 Å².